The zero-order valence-corrected chi connectivity index (χ0v) is 14.4. The van der Waals surface area contributed by atoms with Crippen LogP contribution in [0.3, 0.4) is 0 Å². The molecular formula is C19H20N4O3. The van der Waals surface area contributed by atoms with Gasteiger partial charge in [0.1, 0.15) is 17.5 Å². The second-order valence-electron chi connectivity index (χ2n) is 5.76. The summed E-state index contributed by atoms with van der Waals surface area (Å²) in [5, 5.41) is 8.59. The normalized spacial score (nSPS) is 16.1. The van der Waals surface area contributed by atoms with Crippen LogP contribution < -0.4 is 20.8 Å². The van der Waals surface area contributed by atoms with Gasteiger partial charge in [-0.25, -0.2) is 0 Å². The number of hydrogen-bond donors (Lipinski definition) is 2. The molecule has 0 aliphatic carbocycles. The fourth-order valence-electron chi connectivity index (χ4n) is 2.69. The van der Waals surface area contributed by atoms with Gasteiger partial charge in [-0.15, -0.1) is 0 Å². The summed E-state index contributed by atoms with van der Waals surface area (Å²) >= 11 is 0. The first kappa shape index (κ1) is 17.5. The summed E-state index contributed by atoms with van der Waals surface area (Å²) in [7, 11) is 0. The first-order chi connectivity index (χ1) is 12.6. The van der Waals surface area contributed by atoms with Crippen molar-refractivity contribution in [2.75, 3.05) is 16.9 Å². The molecule has 2 aromatic rings. The van der Waals surface area contributed by atoms with Gasteiger partial charge in [0.2, 0.25) is 5.91 Å². The molecule has 2 amide bonds. The van der Waals surface area contributed by atoms with E-state index in [-0.39, 0.29) is 18.0 Å². The van der Waals surface area contributed by atoms with Gasteiger partial charge in [-0.3, -0.25) is 14.6 Å². The number of rotatable bonds is 6. The Kier molecular flexibility index (Phi) is 5.17. The van der Waals surface area contributed by atoms with E-state index in [9.17, 15) is 9.59 Å². The molecule has 1 aliphatic heterocycles. The Morgan fingerprint density at radius 2 is 1.88 bits per heavy atom. The Morgan fingerprint density at radius 1 is 1.19 bits per heavy atom. The number of primary amides is 1. The van der Waals surface area contributed by atoms with Gasteiger partial charge in [-0.2, -0.15) is 5.10 Å². The number of nitrogens with zero attached hydrogens (tertiary/aromatic N) is 2. The molecule has 3 N–H and O–H groups in total. The van der Waals surface area contributed by atoms with Crippen molar-refractivity contribution in [1.82, 2.24) is 0 Å². The van der Waals surface area contributed by atoms with E-state index < -0.39 is 11.9 Å². The van der Waals surface area contributed by atoms with Crippen molar-refractivity contribution < 1.29 is 14.3 Å². The predicted molar refractivity (Wildman–Crippen MR) is 100 cm³/mol. The van der Waals surface area contributed by atoms with Crippen LogP contribution in [0.4, 0.5) is 11.4 Å². The minimum atomic E-state index is -0.682. The number of anilines is 2. The van der Waals surface area contributed by atoms with Crippen LogP contribution in [0.5, 0.6) is 5.75 Å². The molecule has 0 aromatic heterocycles. The Hall–Kier alpha value is -3.35. The molecule has 0 radical (unpaired) electrons. The number of nitrogens with two attached hydrogens (primary N) is 1. The van der Waals surface area contributed by atoms with Crippen LogP contribution >= 0.6 is 0 Å². The summed E-state index contributed by atoms with van der Waals surface area (Å²) in [4.78, 5) is 24.3. The number of para-hydroxylation sites is 1. The topological polar surface area (TPSA) is 97.0 Å². The lowest BCUT2D eigenvalue weighted by molar-refractivity contribution is -0.119. The Labute approximate surface area is 151 Å². The molecule has 7 heteroatoms. The van der Waals surface area contributed by atoms with E-state index >= 15 is 0 Å². The van der Waals surface area contributed by atoms with Gasteiger partial charge in [0.15, 0.2) is 0 Å². The highest BCUT2D eigenvalue weighted by Crippen LogP contribution is 2.25. The molecule has 1 atom stereocenters. The highest BCUT2D eigenvalue weighted by atomic mass is 16.5. The average Bonchev–Trinajstić information content (AvgIpc) is 3.10. The molecule has 0 bridgehead atoms. The first-order valence-corrected chi connectivity index (χ1v) is 8.33. The summed E-state index contributed by atoms with van der Waals surface area (Å²) in [6.07, 6.45) is 0.160. The van der Waals surface area contributed by atoms with E-state index in [4.69, 9.17) is 10.5 Å². The minimum absolute atomic E-state index is 0.160. The molecule has 0 saturated carbocycles. The standard InChI is InChI=1S/C19H20N4O3/c1-2-26-15-10-8-13(9-11-15)21-19(25)16-12-17(18(20)24)23(22-16)14-6-4-3-5-7-14/h3-11,17H,2,12H2,1H3,(H2,20,24)(H,21,25). The minimum Gasteiger partial charge on any atom is -0.494 e. The quantitative estimate of drug-likeness (QED) is 0.832. The number of carbonyl (C=O) groups excluding carboxylic acids is 2. The molecule has 1 unspecified atom stereocenters. The summed E-state index contributed by atoms with van der Waals surface area (Å²) in [6, 6.07) is 15.5. The van der Waals surface area contributed by atoms with Crippen LogP contribution in [0, 0.1) is 0 Å². The van der Waals surface area contributed by atoms with Gasteiger partial charge >= 0.3 is 0 Å². The molecule has 2 aromatic carbocycles. The average molecular weight is 352 g/mol. The zero-order valence-electron chi connectivity index (χ0n) is 14.4. The van der Waals surface area contributed by atoms with E-state index in [1.165, 1.54) is 5.01 Å². The maximum atomic E-state index is 12.5. The van der Waals surface area contributed by atoms with Crippen LogP contribution in [-0.2, 0) is 9.59 Å². The summed E-state index contributed by atoms with van der Waals surface area (Å²) in [5.74, 6) is -0.159. The van der Waals surface area contributed by atoms with Gasteiger partial charge in [0, 0.05) is 12.1 Å². The number of nitrogens with one attached hydrogen (secondary N) is 1. The molecule has 0 saturated heterocycles. The lowest BCUT2D eigenvalue weighted by Gasteiger charge is -2.20. The molecule has 3 rings (SSSR count). The van der Waals surface area contributed by atoms with Crippen molar-refractivity contribution in [3.8, 4) is 5.75 Å². The van der Waals surface area contributed by atoms with E-state index in [1.807, 2.05) is 37.3 Å². The molecule has 0 spiro atoms. The highest BCUT2D eigenvalue weighted by Gasteiger charge is 2.34. The molecule has 26 heavy (non-hydrogen) atoms. The van der Waals surface area contributed by atoms with E-state index in [2.05, 4.69) is 10.4 Å². The summed E-state index contributed by atoms with van der Waals surface area (Å²) < 4.78 is 5.37. The van der Waals surface area contributed by atoms with Crippen LogP contribution in [-0.4, -0.2) is 30.2 Å². The van der Waals surface area contributed by atoms with Gasteiger partial charge in [-0.1, -0.05) is 18.2 Å². The van der Waals surface area contributed by atoms with Gasteiger partial charge in [0.25, 0.3) is 5.91 Å². The molecule has 134 valence electrons. The Morgan fingerprint density at radius 3 is 2.50 bits per heavy atom. The fraction of sp³-hybridized carbons (Fsp3) is 0.211. The molecule has 0 fully saturated rings. The third-order valence-electron chi connectivity index (χ3n) is 3.94. The Bertz CT molecular complexity index is 818. The monoisotopic (exact) mass is 352 g/mol. The van der Waals surface area contributed by atoms with E-state index in [0.717, 1.165) is 5.75 Å². The predicted octanol–water partition coefficient (Wildman–Crippen LogP) is 2.14. The van der Waals surface area contributed by atoms with Crippen molar-refractivity contribution in [2.45, 2.75) is 19.4 Å². The van der Waals surface area contributed by atoms with Crippen molar-refractivity contribution in [3.63, 3.8) is 0 Å². The second kappa shape index (κ2) is 7.69. The molecule has 1 heterocycles. The summed E-state index contributed by atoms with van der Waals surface area (Å²) in [5.41, 5.74) is 7.07. The maximum Gasteiger partial charge on any atom is 0.271 e. The van der Waals surface area contributed by atoms with Crippen LogP contribution in [0.2, 0.25) is 0 Å². The van der Waals surface area contributed by atoms with E-state index in [0.29, 0.717) is 18.0 Å². The maximum absolute atomic E-state index is 12.5. The number of benzene rings is 2. The largest absolute Gasteiger partial charge is 0.494 e. The van der Waals surface area contributed by atoms with Crippen molar-refractivity contribution in [3.05, 3.63) is 54.6 Å². The molecule has 7 nitrogen and oxygen atoms in total. The zero-order chi connectivity index (χ0) is 18.5. The van der Waals surface area contributed by atoms with Crippen LogP contribution in [0.25, 0.3) is 0 Å². The third-order valence-corrected chi connectivity index (χ3v) is 3.94. The number of amides is 2. The lowest BCUT2D eigenvalue weighted by Crippen LogP contribution is -2.39. The molecule has 1 aliphatic rings. The van der Waals surface area contributed by atoms with Crippen molar-refractivity contribution in [1.29, 1.82) is 0 Å². The van der Waals surface area contributed by atoms with Crippen LogP contribution in [0.15, 0.2) is 59.7 Å². The van der Waals surface area contributed by atoms with E-state index in [1.54, 1.807) is 24.3 Å². The number of ether oxygens (including phenoxy) is 1. The summed E-state index contributed by atoms with van der Waals surface area (Å²) in [6.45, 7) is 2.48. The first-order valence-electron chi connectivity index (χ1n) is 8.33. The fourth-order valence-corrected chi connectivity index (χ4v) is 2.69. The van der Waals surface area contributed by atoms with Crippen molar-refractivity contribution in [2.24, 2.45) is 10.8 Å². The van der Waals surface area contributed by atoms with Crippen molar-refractivity contribution >= 4 is 28.9 Å². The highest BCUT2D eigenvalue weighted by molar-refractivity contribution is 6.44. The number of hydrazone groups is 1. The SMILES string of the molecule is CCOc1ccc(NC(=O)C2=NN(c3ccccc3)C(C(N)=O)C2)cc1. The lowest BCUT2D eigenvalue weighted by atomic mass is 10.1. The second-order valence-corrected chi connectivity index (χ2v) is 5.76. The number of hydrogen-bond acceptors (Lipinski definition) is 5. The van der Waals surface area contributed by atoms with Gasteiger partial charge in [0.05, 0.1) is 12.3 Å². The van der Waals surface area contributed by atoms with Crippen LogP contribution in [0.1, 0.15) is 13.3 Å². The third kappa shape index (κ3) is 3.83. The Balaban J connectivity index is 1.75. The van der Waals surface area contributed by atoms with Gasteiger partial charge < -0.3 is 15.8 Å². The van der Waals surface area contributed by atoms with Gasteiger partial charge in [-0.05, 0) is 43.3 Å². The number of carbonyl (C=O) groups is 2. The molecular weight excluding hydrogens is 332 g/mol. The smallest absolute Gasteiger partial charge is 0.271 e.